The van der Waals surface area contributed by atoms with Crippen molar-refractivity contribution in [1.29, 1.82) is 0 Å². The van der Waals surface area contributed by atoms with Gasteiger partial charge in [-0.15, -0.1) is 0 Å². The van der Waals surface area contributed by atoms with Crippen LogP contribution >= 0.6 is 0 Å². The summed E-state index contributed by atoms with van der Waals surface area (Å²) in [5.74, 6) is -5.98. The standard InChI is InChI=1S/C19H14F6N6O/c1-9-8-13(30-29-9)26-17-28-16(18(21,22)10-2-4-11(20)5-3-10)27-14-7-6-12(31(14)17)15(32)19(23,24)25/h2-8,15,32H,1H3,(H2,26,27,28,29,30). The van der Waals surface area contributed by atoms with E-state index in [1.165, 1.54) is 6.07 Å². The molecule has 0 fully saturated rings. The Balaban J connectivity index is 1.90. The normalized spacial score (nSPS) is 13.5. The third-order valence-electron chi connectivity index (χ3n) is 4.56. The molecule has 168 valence electrons. The number of alkyl halides is 5. The Morgan fingerprint density at radius 2 is 1.72 bits per heavy atom. The molecular formula is C19H14F6N6O. The summed E-state index contributed by atoms with van der Waals surface area (Å²) in [5.41, 5.74) is -1.05. The SMILES string of the molecule is Cc1cc(Nc2nc(C(F)(F)c3ccc(F)cc3)nc3ccc(C(O)C(F)(F)F)n23)n[nH]1. The zero-order valence-corrected chi connectivity index (χ0v) is 16.1. The van der Waals surface area contributed by atoms with Crippen LogP contribution in [0.4, 0.5) is 38.1 Å². The van der Waals surface area contributed by atoms with E-state index in [4.69, 9.17) is 0 Å². The molecule has 13 heteroatoms. The minimum absolute atomic E-state index is 0.0831. The van der Waals surface area contributed by atoms with Crippen LogP contribution in [0.3, 0.4) is 0 Å². The van der Waals surface area contributed by atoms with Crippen molar-refractivity contribution in [2.75, 3.05) is 5.32 Å². The average molecular weight is 456 g/mol. The molecule has 1 unspecified atom stereocenters. The smallest absolute Gasteiger partial charge is 0.378 e. The lowest BCUT2D eigenvalue weighted by Gasteiger charge is -2.19. The van der Waals surface area contributed by atoms with Crippen molar-refractivity contribution in [2.24, 2.45) is 0 Å². The number of aromatic amines is 1. The molecule has 3 heterocycles. The lowest BCUT2D eigenvalue weighted by atomic mass is 10.1. The largest absolute Gasteiger partial charge is 0.420 e. The van der Waals surface area contributed by atoms with E-state index in [1.54, 1.807) is 6.92 Å². The molecule has 0 aliphatic carbocycles. The number of nitrogens with one attached hydrogen (secondary N) is 2. The summed E-state index contributed by atoms with van der Waals surface area (Å²) in [4.78, 5) is 7.44. The van der Waals surface area contributed by atoms with Crippen LogP contribution in [-0.4, -0.2) is 35.8 Å². The Morgan fingerprint density at radius 1 is 1.03 bits per heavy atom. The number of fused-ring (bicyclic) bond motifs is 1. The van der Waals surface area contributed by atoms with Crippen molar-refractivity contribution in [2.45, 2.75) is 25.1 Å². The van der Waals surface area contributed by atoms with Crippen LogP contribution in [0.2, 0.25) is 0 Å². The number of halogens is 6. The second-order valence-corrected chi connectivity index (χ2v) is 6.91. The maximum absolute atomic E-state index is 15.1. The molecule has 0 saturated carbocycles. The summed E-state index contributed by atoms with van der Waals surface area (Å²) in [6.07, 6.45) is -7.94. The molecule has 4 rings (SSSR count). The maximum atomic E-state index is 15.1. The van der Waals surface area contributed by atoms with E-state index in [2.05, 4.69) is 25.5 Å². The number of aryl methyl sites for hydroxylation is 1. The van der Waals surface area contributed by atoms with Crippen LogP contribution < -0.4 is 5.32 Å². The first-order chi connectivity index (χ1) is 15.0. The summed E-state index contributed by atoms with van der Waals surface area (Å²) in [7, 11) is 0. The van der Waals surface area contributed by atoms with Crippen molar-refractivity contribution in [3.63, 3.8) is 0 Å². The Labute approximate surface area is 175 Å². The Kier molecular flexibility index (Phi) is 5.07. The Bertz CT molecular complexity index is 1260. The van der Waals surface area contributed by atoms with Crippen LogP contribution in [0.5, 0.6) is 0 Å². The number of rotatable bonds is 5. The number of H-pyrrole nitrogens is 1. The highest BCUT2D eigenvalue weighted by Crippen LogP contribution is 2.37. The van der Waals surface area contributed by atoms with Gasteiger partial charge in [-0.25, -0.2) is 9.37 Å². The number of hydrogen-bond donors (Lipinski definition) is 3. The monoisotopic (exact) mass is 456 g/mol. The third kappa shape index (κ3) is 3.86. The van der Waals surface area contributed by atoms with Gasteiger partial charge in [-0.1, -0.05) is 0 Å². The van der Waals surface area contributed by atoms with Crippen molar-refractivity contribution in [1.82, 2.24) is 24.6 Å². The number of aliphatic hydroxyl groups is 1. The molecule has 32 heavy (non-hydrogen) atoms. The lowest BCUT2D eigenvalue weighted by molar-refractivity contribution is -0.208. The first-order valence-corrected chi connectivity index (χ1v) is 9.04. The molecule has 0 spiro atoms. The van der Waals surface area contributed by atoms with E-state index in [0.717, 1.165) is 40.8 Å². The Hall–Kier alpha value is -3.61. The highest BCUT2D eigenvalue weighted by atomic mass is 19.4. The molecule has 0 aliphatic heterocycles. The van der Waals surface area contributed by atoms with Crippen molar-refractivity contribution in [3.8, 4) is 0 Å². The molecule has 4 aromatic rings. The minimum atomic E-state index is -5.02. The second-order valence-electron chi connectivity index (χ2n) is 6.91. The zero-order chi connectivity index (χ0) is 23.3. The van der Waals surface area contributed by atoms with Gasteiger partial charge >= 0.3 is 12.1 Å². The summed E-state index contributed by atoms with van der Waals surface area (Å²) in [6, 6.07) is 6.79. The van der Waals surface area contributed by atoms with Gasteiger partial charge in [-0.05, 0) is 43.3 Å². The topological polar surface area (TPSA) is 91.1 Å². The molecule has 0 amide bonds. The molecule has 1 atom stereocenters. The molecule has 0 radical (unpaired) electrons. The molecule has 0 saturated heterocycles. The number of aromatic nitrogens is 5. The summed E-state index contributed by atoms with van der Waals surface area (Å²) < 4.78 is 83.5. The minimum Gasteiger partial charge on any atom is -0.378 e. The number of anilines is 2. The fraction of sp³-hybridized carbons (Fsp3) is 0.211. The molecule has 3 aromatic heterocycles. The average Bonchev–Trinajstić information content (AvgIpc) is 3.33. The van der Waals surface area contributed by atoms with Gasteiger partial charge in [0.25, 0.3) is 0 Å². The zero-order valence-electron chi connectivity index (χ0n) is 16.1. The highest BCUT2D eigenvalue weighted by Gasteiger charge is 2.43. The van der Waals surface area contributed by atoms with E-state index in [0.29, 0.717) is 5.69 Å². The van der Waals surface area contributed by atoms with Crippen molar-refractivity contribution >= 4 is 17.4 Å². The number of hydrogen-bond acceptors (Lipinski definition) is 5. The van der Waals surface area contributed by atoms with Crippen molar-refractivity contribution < 1.29 is 31.4 Å². The number of aliphatic hydroxyl groups excluding tert-OH is 1. The number of nitrogens with zero attached hydrogens (tertiary/aromatic N) is 4. The van der Waals surface area contributed by atoms with Gasteiger partial charge < -0.3 is 10.4 Å². The van der Waals surface area contributed by atoms with Crippen LogP contribution in [0.15, 0.2) is 42.5 Å². The first-order valence-electron chi connectivity index (χ1n) is 9.04. The first kappa shape index (κ1) is 21.6. The van der Waals surface area contributed by atoms with Gasteiger partial charge in [0.15, 0.2) is 11.9 Å². The van der Waals surface area contributed by atoms with E-state index in [-0.39, 0.29) is 11.5 Å². The maximum Gasteiger partial charge on any atom is 0.420 e. The van der Waals surface area contributed by atoms with E-state index < -0.39 is 47.1 Å². The van der Waals surface area contributed by atoms with Gasteiger partial charge in [-0.3, -0.25) is 9.50 Å². The van der Waals surface area contributed by atoms with E-state index in [9.17, 15) is 22.7 Å². The Morgan fingerprint density at radius 3 is 2.31 bits per heavy atom. The van der Waals surface area contributed by atoms with Crippen molar-refractivity contribution in [3.05, 3.63) is 71.1 Å². The fourth-order valence-electron chi connectivity index (χ4n) is 3.03. The predicted molar refractivity (Wildman–Crippen MR) is 100 cm³/mol. The molecule has 0 bridgehead atoms. The van der Waals surface area contributed by atoms with Crippen LogP contribution in [0.25, 0.3) is 5.65 Å². The predicted octanol–water partition coefficient (Wildman–Crippen LogP) is 4.38. The molecule has 3 N–H and O–H groups in total. The van der Waals surface area contributed by atoms with Gasteiger partial charge in [0.05, 0.1) is 5.69 Å². The second kappa shape index (κ2) is 7.51. The summed E-state index contributed by atoms with van der Waals surface area (Å²) >= 11 is 0. The number of benzene rings is 1. The van der Waals surface area contributed by atoms with Gasteiger partial charge in [0, 0.05) is 17.3 Å². The lowest BCUT2D eigenvalue weighted by Crippen LogP contribution is -2.24. The van der Waals surface area contributed by atoms with Crippen LogP contribution in [0, 0.1) is 12.7 Å². The fourth-order valence-corrected chi connectivity index (χ4v) is 3.03. The highest BCUT2D eigenvalue weighted by molar-refractivity contribution is 5.56. The molecule has 7 nitrogen and oxygen atoms in total. The van der Waals surface area contributed by atoms with Crippen LogP contribution in [0.1, 0.15) is 28.9 Å². The molecule has 0 aliphatic rings. The molecule has 1 aromatic carbocycles. The van der Waals surface area contributed by atoms with Gasteiger partial charge in [-0.2, -0.15) is 32.0 Å². The third-order valence-corrected chi connectivity index (χ3v) is 4.56. The van der Waals surface area contributed by atoms with Gasteiger partial charge in [0.1, 0.15) is 11.5 Å². The van der Waals surface area contributed by atoms with Gasteiger partial charge in [0.2, 0.25) is 11.8 Å². The summed E-state index contributed by atoms with van der Waals surface area (Å²) in [5, 5.41) is 18.8. The van der Waals surface area contributed by atoms with E-state index >= 15 is 8.78 Å². The summed E-state index contributed by atoms with van der Waals surface area (Å²) in [6.45, 7) is 1.65. The molecular weight excluding hydrogens is 442 g/mol. The van der Waals surface area contributed by atoms with Crippen LogP contribution in [-0.2, 0) is 5.92 Å². The van der Waals surface area contributed by atoms with E-state index in [1.807, 2.05) is 0 Å². The quantitative estimate of drug-likeness (QED) is 0.388.